The molecule has 7 heteroatoms. The lowest BCUT2D eigenvalue weighted by Gasteiger charge is -2.02. The predicted molar refractivity (Wildman–Crippen MR) is 60.8 cm³/mol. The summed E-state index contributed by atoms with van der Waals surface area (Å²) in [6, 6.07) is 3.44. The van der Waals surface area contributed by atoms with Gasteiger partial charge >= 0.3 is 6.01 Å². The molecule has 17 heavy (non-hydrogen) atoms. The van der Waals surface area contributed by atoms with Gasteiger partial charge in [0.2, 0.25) is 5.89 Å². The van der Waals surface area contributed by atoms with Crippen molar-refractivity contribution < 1.29 is 9.21 Å². The van der Waals surface area contributed by atoms with Gasteiger partial charge in [0.05, 0.1) is 0 Å². The zero-order valence-electron chi connectivity index (χ0n) is 9.39. The second-order valence-corrected chi connectivity index (χ2v) is 3.26. The maximum Gasteiger partial charge on any atom is 0.322 e. The molecule has 0 aliphatic rings. The number of rotatable bonds is 3. The minimum absolute atomic E-state index is 0.0594. The van der Waals surface area contributed by atoms with E-state index in [0.717, 1.165) is 5.69 Å². The van der Waals surface area contributed by atoms with Gasteiger partial charge in [-0.15, -0.1) is 5.10 Å². The van der Waals surface area contributed by atoms with E-state index < -0.39 is 5.91 Å². The molecule has 2 aromatic rings. The lowest BCUT2D eigenvalue weighted by Crippen LogP contribution is -2.14. The van der Waals surface area contributed by atoms with Crippen molar-refractivity contribution in [2.75, 3.05) is 17.7 Å². The zero-order valence-corrected chi connectivity index (χ0v) is 9.39. The molecule has 0 aliphatic heterocycles. The second kappa shape index (κ2) is 4.60. The SMILES string of the molecule is CNc1ccnc(C(=O)Nc2nnc(C)o2)c1. The van der Waals surface area contributed by atoms with Crippen LogP contribution in [0.4, 0.5) is 11.7 Å². The number of hydrogen-bond acceptors (Lipinski definition) is 6. The van der Waals surface area contributed by atoms with E-state index in [1.165, 1.54) is 0 Å². The Bertz CT molecular complexity index is 537. The maximum absolute atomic E-state index is 11.8. The molecule has 0 radical (unpaired) electrons. The summed E-state index contributed by atoms with van der Waals surface area (Å²) in [5, 5.41) is 12.6. The Hall–Kier alpha value is -2.44. The molecule has 2 heterocycles. The molecule has 2 aromatic heterocycles. The highest BCUT2D eigenvalue weighted by molar-refractivity contribution is 6.02. The van der Waals surface area contributed by atoms with Crippen LogP contribution >= 0.6 is 0 Å². The Morgan fingerprint density at radius 2 is 2.24 bits per heavy atom. The Morgan fingerprint density at radius 3 is 2.88 bits per heavy atom. The maximum atomic E-state index is 11.8. The standard InChI is InChI=1S/C10H11N5O2/c1-6-14-15-10(17-6)13-9(16)8-5-7(11-2)3-4-12-8/h3-5H,1-2H3,(H,11,12)(H,13,15,16). The van der Waals surface area contributed by atoms with E-state index in [1.54, 1.807) is 32.3 Å². The first kappa shape index (κ1) is 11.1. The highest BCUT2D eigenvalue weighted by Gasteiger charge is 2.11. The van der Waals surface area contributed by atoms with Crippen molar-refractivity contribution in [3.8, 4) is 0 Å². The Labute approximate surface area is 97.3 Å². The third kappa shape index (κ3) is 2.57. The molecular weight excluding hydrogens is 222 g/mol. The van der Waals surface area contributed by atoms with Gasteiger partial charge in [0.25, 0.3) is 5.91 Å². The summed E-state index contributed by atoms with van der Waals surface area (Å²) in [6.07, 6.45) is 1.54. The summed E-state index contributed by atoms with van der Waals surface area (Å²) in [7, 11) is 1.76. The number of pyridine rings is 1. The molecule has 0 fully saturated rings. The van der Waals surface area contributed by atoms with Gasteiger partial charge in [-0.1, -0.05) is 5.10 Å². The molecule has 0 aromatic carbocycles. The van der Waals surface area contributed by atoms with Gasteiger partial charge in [-0.25, -0.2) is 0 Å². The van der Waals surface area contributed by atoms with Gasteiger partial charge in [-0.05, 0) is 12.1 Å². The van der Waals surface area contributed by atoms with E-state index in [0.29, 0.717) is 5.89 Å². The van der Waals surface area contributed by atoms with E-state index in [1.807, 2.05) is 0 Å². The fourth-order valence-electron chi connectivity index (χ4n) is 1.22. The van der Waals surface area contributed by atoms with Crippen molar-refractivity contribution in [1.29, 1.82) is 0 Å². The lowest BCUT2D eigenvalue weighted by molar-refractivity contribution is 0.101. The van der Waals surface area contributed by atoms with Crippen LogP contribution in [0.3, 0.4) is 0 Å². The molecule has 0 spiro atoms. The fourth-order valence-corrected chi connectivity index (χ4v) is 1.22. The Kier molecular flexibility index (Phi) is 2.99. The number of nitrogens with zero attached hydrogens (tertiary/aromatic N) is 3. The van der Waals surface area contributed by atoms with E-state index >= 15 is 0 Å². The quantitative estimate of drug-likeness (QED) is 0.823. The third-order valence-corrected chi connectivity index (χ3v) is 2.03. The first-order chi connectivity index (χ1) is 8.19. The van der Waals surface area contributed by atoms with Gasteiger partial charge in [-0.3, -0.25) is 15.1 Å². The monoisotopic (exact) mass is 233 g/mol. The minimum Gasteiger partial charge on any atom is -0.408 e. The van der Waals surface area contributed by atoms with Gasteiger partial charge in [-0.2, -0.15) is 0 Å². The number of hydrogen-bond donors (Lipinski definition) is 2. The predicted octanol–water partition coefficient (Wildman–Crippen LogP) is 1.07. The molecule has 0 atom stereocenters. The van der Waals surface area contributed by atoms with Crippen molar-refractivity contribution in [3.05, 3.63) is 29.9 Å². The highest BCUT2D eigenvalue weighted by atomic mass is 16.4. The number of carbonyl (C=O) groups excluding carboxylic acids is 1. The van der Waals surface area contributed by atoms with Gasteiger partial charge in [0.15, 0.2) is 0 Å². The van der Waals surface area contributed by atoms with E-state index in [9.17, 15) is 4.79 Å². The van der Waals surface area contributed by atoms with Crippen molar-refractivity contribution in [3.63, 3.8) is 0 Å². The van der Waals surface area contributed by atoms with Crippen LogP contribution in [0.5, 0.6) is 0 Å². The number of aryl methyl sites for hydroxylation is 1. The lowest BCUT2D eigenvalue weighted by atomic mass is 10.3. The number of aromatic nitrogens is 3. The van der Waals surface area contributed by atoms with Crippen molar-refractivity contribution in [2.45, 2.75) is 6.92 Å². The third-order valence-electron chi connectivity index (χ3n) is 2.03. The molecule has 0 saturated carbocycles. The summed E-state index contributed by atoms with van der Waals surface area (Å²) in [6.45, 7) is 1.64. The summed E-state index contributed by atoms with van der Waals surface area (Å²) in [4.78, 5) is 15.7. The molecule has 2 rings (SSSR count). The summed E-state index contributed by atoms with van der Waals surface area (Å²) in [5.74, 6) is -0.0111. The highest BCUT2D eigenvalue weighted by Crippen LogP contribution is 2.09. The Morgan fingerprint density at radius 1 is 1.41 bits per heavy atom. The van der Waals surface area contributed by atoms with Crippen molar-refractivity contribution >= 4 is 17.6 Å². The normalized spacial score (nSPS) is 10.0. The van der Waals surface area contributed by atoms with Crippen LogP contribution < -0.4 is 10.6 Å². The fraction of sp³-hybridized carbons (Fsp3) is 0.200. The first-order valence-electron chi connectivity index (χ1n) is 4.94. The van der Waals surface area contributed by atoms with Crippen molar-refractivity contribution in [2.24, 2.45) is 0 Å². The van der Waals surface area contributed by atoms with Crippen LogP contribution in [-0.4, -0.2) is 28.1 Å². The average Bonchev–Trinajstić information content (AvgIpc) is 2.75. The molecule has 1 amide bonds. The number of carbonyl (C=O) groups is 1. The first-order valence-corrected chi connectivity index (χ1v) is 4.94. The van der Waals surface area contributed by atoms with Crippen LogP contribution in [0.25, 0.3) is 0 Å². The summed E-state index contributed by atoms with van der Waals surface area (Å²) >= 11 is 0. The van der Waals surface area contributed by atoms with Crippen LogP contribution in [0.2, 0.25) is 0 Å². The molecule has 2 N–H and O–H groups in total. The molecule has 0 aliphatic carbocycles. The Balaban J connectivity index is 2.14. The van der Waals surface area contributed by atoms with E-state index in [2.05, 4.69) is 25.8 Å². The minimum atomic E-state index is -0.397. The van der Waals surface area contributed by atoms with E-state index in [4.69, 9.17) is 4.42 Å². The molecular formula is C10H11N5O2. The smallest absolute Gasteiger partial charge is 0.322 e. The topological polar surface area (TPSA) is 92.9 Å². The van der Waals surface area contributed by atoms with Crippen LogP contribution in [-0.2, 0) is 0 Å². The number of anilines is 2. The van der Waals surface area contributed by atoms with Crippen LogP contribution in [0.1, 0.15) is 16.4 Å². The molecule has 7 nitrogen and oxygen atoms in total. The van der Waals surface area contributed by atoms with Gasteiger partial charge in [0, 0.05) is 25.9 Å². The zero-order chi connectivity index (χ0) is 12.3. The van der Waals surface area contributed by atoms with Gasteiger partial charge in [0.1, 0.15) is 5.69 Å². The van der Waals surface area contributed by atoms with Crippen LogP contribution in [0.15, 0.2) is 22.7 Å². The largest absolute Gasteiger partial charge is 0.408 e. The summed E-state index contributed by atoms with van der Waals surface area (Å²) in [5.41, 5.74) is 1.07. The number of nitrogens with one attached hydrogen (secondary N) is 2. The average molecular weight is 233 g/mol. The molecule has 0 bridgehead atoms. The van der Waals surface area contributed by atoms with Crippen LogP contribution in [0, 0.1) is 6.92 Å². The molecule has 0 saturated heterocycles. The number of amides is 1. The van der Waals surface area contributed by atoms with Gasteiger partial charge < -0.3 is 9.73 Å². The van der Waals surface area contributed by atoms with E-state index in [-0.39, 0.29) is 11.7 Å². The summed E-state index contributed by atoms with van der Waals surface area (Å²) < 4.78 is 5.03. The molecule has 0 unspecified atom stereocenters. The van der Waals surface area contributed by atoms with Crippen molar-refractivity contribution in [1.82, 2.24) is 15.2 Å². The second-order valence-electron chi connectivity index (χ2n) is 3.26. The molecule has 88 valence electrons.